The van der Waals surface area contributed by atoms with E-state index in [0.717, 1.165) is 11.6 Å². The van der Waals surface area contributed by atoms with Crippen molar-refractivity contribution in [2.75, 3.05) is 0 Å². The Hall–Kier alpha value is -4.04. The lowest BCUT2D eigenvalue weighted by Crippen LogP contribution is -2.06. The van der Waals surface area contributed by atoms with Crippen molar-refractivity contribution in [1.29, 1.82) is 0 Å². The summed E-state index contributed by atoms with van der Waals surface area (Å²) in [5, 5.41) is 10.9. The van der Waals surface area contributed by atoms with Crippen molar-refractivity contribution in [3.8, 4) is 5.75 Å². The van der Waals surface area contributed by atoms with Crippen molar-refractivity contribution >= 4 is 35.2 Å². The summed E-state index contributed by atoms with van der Waals surface area (Å²) in [5.74, 6) is -0.477. The fourth-order valence-corrected chi connectivity index (χ4v) is 3.17. The van der Waals surface area contributed by atoms with Gasteiger partial charge in [-0.2, -0.15) is 0 Å². The van der Waals surface area contributed by atoms with Gasteiger partial charge in [-0.15, -0.1) is 0 Å². The number of carbonyl (C=O) groups is 1. The van der Waals surface area contributed by atoms with Gasteiger partial charge in [0.25, 0.3) is 5.69 Å². The molecule has 3 aromatic carbocycles. The van der Waals surface area contributed by atoms with Crippen LogP contribution in [-0.4, -0.2) is 16.8 Å². The van der Waals surface area contributed by atoms with Crippen molar-refractivity contribution in [3.05, 3.63) is 110 Å². The van der Waals surface area contributed by atoms with Gasteiger partial charge in [0.15, 0.2) is 5.70 Å². The van der Waals surface area contributed by atoms with Gasteiger partial charge in [-0.3, -0.25) is 10.1 Å². The maximum Gasteiger partial charge on any atom is 0.363 e. The average molecular weight is 453 g/mol. The van der Waals surface area contributed by atoms with E-state index in [1.165, 1.54) is 30.3 Å². The lowest BCUT2D eigenvalue weighted by Gasteiger charge is -2.07. The minimum absolute atomic E-state index is 0.0372. The second kappa shape index (κ2) is 8.99. The van der Waals surface area contributed by atoms with Crippen molar-refractivity contribution < 1.29 is 23.6 Å². The molecule has 1 aliphatic rings. The Morgan fingerprint density at radius 3 is 2.62 bits per heavy atom. The van der Waals surface area contributed by atoms with Gasteiger partial charge in [0, 0.05) is 12.1 Å². The molecule has 32 heavy (non-hydrogen) atoms. The summed E-state index contributed by atoms with van der Waals surface area (Å²) >= 11 is 6.09. The molecule has 9 heteroatoms. The van der Waals surface area contributed by atoms with Gasteiger partial charge in [0.05, 0.1) is 15.5 Å². The molecule has 0 unspecified atom stereocenters. The largest absolute Gasteiger partial charge is 0.489 e. The highest BCUT2D eigenvalue weighted by molar-refractivity contribution is 6.34. The highest BCUT2D eigenvalue weighted by Crippen LogP contribution is 2.27. The molecule has 0 aromatic heterocycles. The molecule has 0 fully saturated rings. The molecule has 0 aliphatic carbocycles. The van der Waals surface area contributed by atoms with Crippen LogP contribution in [0.4, 0.5) is 10.1 Å². The third kappa shape index (κ3) is 4.81. The molecule has 0 saturated carbocycles. The van der Waals surface area contributed by atoms with E-state index in [1.807, 2.05) is 0 Å². The van der Waals surface area contributed by atoms with Crippen molar-refractivity contribution in [2.24, 2.45) is 4.99 Å². The Bertz CT molecular complexity index is 1270. The summed E-state index contributed by atoms with van der Waals surface area (Å²) in [4.78, 5) is 26.7. The number of esters is 1. The number of non-ortho nitro benzene ring substituents is 1. The first kappa shape index (κ1) is 21.2. The SMILES string of the molecule is O=C1OC(c2ccc([N+](=O)[O-])cc2Cl)=N/C1=C\c1cccc(OCc2ccc(F)cc2)c1. The predicted molar refractivity (Wildman–Crippen MR) is 116 cm³/mol. The second-order valence-electron chi connectivity index (χ2n) is 6.74. The number of cyclic esters (lactones) is 1. The standard InChI is InChI=1S/C23H14ClFN2O5/c24-20-12-17(27(29)30)8-9-19(20)22-26-21(23(28)32-22)11-15-2-1-3-18(10-15)31-13-14-4-6-16(25)7-5-14/h1-12H,13H2/b21-11-. The average Bonchev–Trinajstić information content (AvgIpc) is 3.13. The van der Waals surface area contributed by atoms with Crippen molar-refractivity contribution in [3.63, 3.8) is 0 Å². The van der Waals surface area contributed by atoms with Gasteiger partial charge in [-0.25, -0.2) is 14.2 Å². The van der Waals surface area contributed by atoms with Crippen LogP contribution in [0.25, 0.3) is 6.08 Å². The maximum atomic E-state index is 13.0. The molecule has 4 rings (SSSR count). The van der Waals surface area contributed by atoms with Crippen LogP contribution in [0.3, 0.4) is 0 Å². The molecular weight excluding hydrogens is 439 g/mol. The summed E-state index contributed by atoms with van der Waals surface area (Å²) < 4.78 is 23.9. The third-order valence-corrected chi connectivity index (χ3v) is 4.81. The molecule has 7 nitrogen and oxygen atoms in total. The zero-order valence-electron chi connectivity index (χ0n) is 16.3. The molecule has 3 aromatic rings. The lowest BCUT2D eigenvalue weighted by molar-refractivity contribution is -0.384. The Morgan fingerprint density at radius 2 is 1.91 bits per heavy atom. The first-order valence-corrected chi connectivity index (χ1v) is 9.71. The number of hydrogen-bond donors (Lipinski definition) is 0. The number of halogens is 2. The first-order chi connectivity index (χ1) is 15.4. The van der Waals surface area contributed by atoms with E-state index < -0.39 is 10.9 Å². The lowest BCUT2D eigenvalue weighted by atomic mass is 10.2. The van der Waals surface area contributed by atoms with E-state index in [0.29, 0.717) is 11.3 Å². The number of ether oxygens (including phenoxy) is 2. The normalized spacial score (nSPS) is 14.2. The van der Waals surface area contributed by atoms with Gasteiger partial charge in [-0.05, 0) is 47.5 Å². The highest BCUT2D eigenvalue weighted by Gasteiger charge is 2.26. The fourth-order valence-electron chi connectivity index (χ4n) is 2.91. The number of rotatable bonds is 6. The van der Waals surface area contributed by atoms with E-state index in [9.17, 15) is 19.3 Å². The number of carbonyl (C=O) groups excluding carboxylic acids is 1. The number of hydrogen-bond acceptors (Lipinski definition) is 6. The van der Waals surface area contributed by atoms with Crippen LogP contribution in [0.2, 0.25) is 5.02 Å². The van der Waals surface area contributed by atoms with Crippen LogP contribution >= 0.6 is 11.6 Å². The summed E-state index contributed by atoms with van der Waals surface area (Å²) in [6.07, 6.45) is 1.53. The van der Waals surface area contributed by atoms with E-state index in [2.05, 4.69) is 4.99 Å². The topological polar surface area (TPSA) is 91.0 Å². The molecule has 1 aliphatic heterocycles. The minimum atomic E-state index is -0.674. The van der Waals surface area contributed by atoms with Crippen LogP contribution in [0.5, 0.6) is 5.75 Å². The first-order valence-electron chi connectivity index (χ1n) is 9.33. The van der Waals surface area contributed by atoms with E-state index in [1.54, 1.807) is 36.4 Å². The van der Waals surface area contributed by atoms with Crippen LogP contribution in [0.1, 0.15) is 16.7 Å². The molecule has 0 atom stereocenters. The molecule has 0 radical (unpaired) electrons. The molecule has 0 N–H and O–H groups in total. The molecule has 0 spiro atoms. The molecular formula is C23H14ClFN2O5. The summed E-state index contributed by atoms with van der Waals surface area (Å²) in [7, 11) is 0. The van der Waals surface area contributed by atoms with Crippen LogP contribution in [0.15, 0.2) is 77.4 Å². The smallest absolute Gasteiger partial charge is 0.363 e. The zero-order valence-corrected chi connectivity index (χ0v) is 17.1. The zero-order chi connectivity index (χ0) is 22.7. The highest BCUT2D eigenvalue weighted by atomic mass is 35.5. The van der Waals surface area contributed by atoms with Gasteiger partial charge in [0.1, 0.15) is 18.2 Å². The summed E-state index contributed by atoms with van der Waals surface area (Å²) in [5.41, 5.74) is 1.59. The Kier molecular flexibility index (Phi) is 5.96. The molecule has 1 heterocycles. The maximum absolute atomic E-state index is 13.0. The molecule has 0 amide bonds. The fraction of sp³-hybridized carbons (Fsp3) is 0.0435. The Morgan fingerprint density at radius 1 is 1.12 bits per heavy atom. The predicted octanol–water partition coefficient (Wildman–Crippen LogP) is 5.31. The van der Waals surface area contributed by atoms with Crippen LogP contribution < -0.4 is 4.74 Å². The minimum Gasteiger partial charge on any atom is -0.489 e. The van der Waals surface area contributed by atoms with Crippen LogP contribution in [-0.2, 0) is 16.1 Å². The molecule has 0 bridgehead atoms. The Balaban J connectivity index is 1.52. The van der Waals surface area contributed by atoms with E-state index in [4.69, 9.17) is 21.1 Å². The molecule has 0 saturated heterocycles. The van der Waals surface area contributed by atoms with Crippen molar-refractivity contribution in [2.45, 2.75) is 6.61 Å². The monoisotopic (exact) mass is 452 g/mol. The number of nitro benzene ring substituents is 1. The summed E-state index contributed by atoms with van der Waals surface area (Å²) in [6.45, 7) is 0.253. The molecule has 160 valence electrons. The van der Waals surface area contributed by atoms with Gasteiger partial charge < -0.3 is 9.47 Å². The summed E-state index contributed by atoms with van der Waals surface area (Å²) in [6, 6.07) is 16.8. The second-order valence-corrected chi connectivity index (χ2v) is 7.15. The Labute approximate surface area is 186 Å². The van der Waals surface area contributed by atoms with Crippen molar-refractivity contribution in [1.82, 2.24) is 0 Å². The number of nitro groups is 1. The van der Waals surface area contributed by atoms with Crippen LogP contribution in [0, 0.1) is 15.9 Å². The van der Waals surface area contributed by atoms with Gasteiger partial charge in [0.2, 0.25) is 5.90 Å². The van der Waals surface area contributed by atoms with E-state index in [-0.39, 0.29) is 40.3 Å². The van der Waals surface area contributed by atoms with Gasteiger partial charge in [-0.1, -0.05) is 35.9 Å². The number of benzene rings is 3. The third-order valence-electron chi connectivity index (χ3n) is 4.49. The quantitative estimate of drug-likeness (QED) is 0.219. The van der Waals surface area contributed by atoms with E-state index >= 15 is 0 Å². The number of aliphatic imine (C=N–C) groups is 1. The number of nitrogens with zero attached hydrogens (tertiary/aromatic N) is 2. The van der Waals surface area contributed by atoms with Gasteiger partial charge >= 0.3 is 5.97 Å².